The molecule has 184 valence electrons. The minimum Gasteiger partial charge on any atom is -0.380 e. The van der Waals surface area contributed by atoms with Gasteiger partial charge in [-0.05, 0) is 25.3 Å². The number of anilines is 1. The molecule has 0 atom stereocenters. The number of hydrogen-bond acceptors (Lipinski definition) is 6. The number of aryl methyl sites for hydroxylation is 1. The van der Waals surface area contributed by atoms with Crippen molar-refractivity contribution in [2.45, 2.75) is 19.9 Å². The zero-order valence-corrected chi connectivity index (χ0v) is 20.1. The van der Waals surface area contributed by atoms with E-state index in [0.29, 0.717) is 43.5 Å². The molecule has 1 aromatic carbocycles. The van der Waals surface area contributed by atoms with Gasteiger partial charge in [-0.15, -0.1) is 0 Å². The van der Waals surface area contributed by atoms with Crippen LogP contribution in [0.3, 0.4) is 0 Å². The van der Waals surface area contributed by atoms with Crippen LogP contribution in [0.15, 0.2) is 30.5 Å². The Hall–Kier alpha value is -2.84. The van der Waals surface area contributed by atoms with Gasteiger partial charge in [-0.3, -0.25) is 9.78 Å². The van der Waals surface area contributed by atoms with Crippen molar-refractivity contribution in [3.05, 3.63) is 53.2 Å². The fourth-order valence-corrected chi connectivity index (χ4v) is 6.50. The summed E-state index contributed by atoms with van der Waals surface area (Å²) in [6, 6.07) is 5.95. The van der Waals surface area contributed by atoms with Crippen LogP contribution in [0.1, 0.15) is 23.4 Å². The molecule has 5 rings (SSSR count). The van der Waals surface area contributed by atoms with Crippen LogP contribution in [0.5, 0.6) is 0 Å². The molecule has 2 saturated heterocycles. The number of benzene rings is 1. The molecule has 2 aromatic heterocycles. The monoisotopic (exact) mass is 503 g/mol. The van der Waals surface area contributed by atoms with Crippen LogP contribution in [0.25, 0.3) is 10.9 Å². The van der Waals surface area contributed by atoms with Crippen molar-refractivity contribution in [2.24, 2.45) is 5.92 Å². The van der Waals surface area contributed by atoms with Gasteiger partial charge in [-0.1, -0.05) is 26.1 Å². The maximum atomic E-state index is 14.5. The highest BCUT2D eigenvalue weighted by atomic mass is 31.1. The molecule has 11 heteroatoms. The van der Waals surface area contributed by atoms with Gasteiger partial charge in [-0.2, -0.15) is 0 Å². The zero-order chi connectivity index (χ0) is 24.5. The van der Waals surface area contributed by atoms with Crippen molar-refractivity contribution in [2.75, 3.05) is 43.9 Å². The van der Waals surface area contributed by atoms with E-state index in [2.05, 4.69) is 20.3 Å². The number of carbonyl (C=O) groups excluding carboxylic acids is 1. The molecule has 0 aliphatic carbocycles. The summed E-state index contributed by atoms with van der Waals surface area (Å²) in [4.78, 5) is 28.0. The van der Waals surface area contributed by atoms with E-state index in [1.54, 1.807) is 13.1 Å². The predicted molar refractivity (Wildman–Crippen MR) is 128 cm³/mol. The summed E-state index contributed by atoms with van der Waals surface area (Å²) in [5.74, 6) is 0.292. The van der Waals surface area contributed by atoms with Crippen molar-refractivity contribution in [1.82, 2.24) is 19.9 Å². The fourth-order valence-electron chi connectivity index (χ4n) is 4.32. The van der Waals surface area contributed by atoms with Crippen molar-refractivity contribution in [3.63, 3.8) is 0 Å². The van der Waals surface area contributed by atoms with E-state index in [0.717, 1.165) is 29.2 Å². The number of nitrogens with one attached hydrogen (secondary N) is 1. The Kier molecular flexibility index (Phi) is 6.84. The van der Waals surface area contributed by atoms with Crippen LogP contribution >= 0.6 is 7.92 Å². The normalized spacial score (nSPS) is 17.1. The first kappa shape index (κ1) is 23.9. The summed E-state index contributed by atoms with van der Waals surface area (Å²) in [6.07, 6.45) is 0.577. The molecule has 35 heavy (non-hydrogen) atoms. The van der Waals surface area contributed by atoms with Gasteiger partial charge in [0.2, 0.25) is 5.91 Å². The number of aromatic nitrogens is 3. The van der Waals surface area contributed by atoms with E-state index in [9.17, 15) is 18.0 Å². The van der Waals surface area contributed by atoms with Crippen molar-refractivity contribution in [3.8, 4) is 0 Å². The molecule has 1 amide bonds. The summed E-state index contributed by atoms with van der Waals surface area (Å²) in [5.41, 5.74) is 1.13. The van der Waals surface area contributed by atoms with Gasteiger partial charge in [0, 0.05) is 30.6 Å². The molecule has 2 fully saturated rings. The van der Waals surface area contributed by atoms with Crippen molar-refractivity contribution < 1.29 is 22.7 Å². The second kappa shape index (κ2) is 10.0. The zero-order valence-electron chi connectivity index (χ0n) is 19.2. The third-order valence-electron chi connectivity index (χ3n) is 6.37. The van der Waals surface area contributed by atoms with Crippen molar-refractivity contribution >= 4 is 36.0 Å². The third-order valence-corrected chi connectivity index (χ3v) is 8.74. The van der Waals surface area contributed by atoms with Crippen LogP contribution in [0.4, 0.5) is 19.0 Å². The van der Waals surface area contributed by atoms with Gasteiger partial charge >= 0.3 is 0 Å². The maximum absolute atomic E-state index is 14.5. The number of nitrogens with zero attached hydrogens (tertiary/aromatic N) is 4. The minimum absolute atomic E-state index is 0.00151. The average molecular weight is 503 g/mol. The molecule has 1 N–H and O–H groups in total. The molecule has 2 aliphatic rings. The number of alkyl halides is 2. The van der Waals surface area contributed by atoms with Crippen LogP contribution in [0, 0.1) is 18.7 Å². The first-order valence-corrected chi connectivity index (χ1v) is 13.2. The number of rotatable bonds is 6. The SMILES string of the molecule is Cc1nc(NCc2cccc(C(F)F)c2F)c2cc(P3CCN(C(=O)C4COC4)CC3)ncc2n1. The maximum Gasteiger partial charge on any atom is 0.266 e. The first-order chi connectivity index (χ1) is 16.9. The highest BCUT2D eigenvalue weighted by Crippen LogP contribution is 2.38. The molecule has 2 aliphatic heterocycles. The predicted octanol–water partition coefficient (Wildman–Crippen LogP) is 3.62. The Bertz CT molecular complexity index is 1250. The number of fused-ring (bicyclic) bond motifs is 1. The molecule has 0 unspecified atom stereocenters. The molecule has 7 nitrogen and oxygen atoms in total. The molecule has 0 spiro atoms. The Morgan fingerprint density at radius 3 is 2.71 bits per heavy atom. The van der Waals surface area contributed by atoms with E-state index in [1.807, 2.05) is 11.0 Å². The number of halogens is 3. The third kappa shape index (κ3) is 4.95. The first-order valence-electron chi connectivity index (χ1n) is 11.5. The summed E-state index contributed by atoms with van der Waals surface area (Å²) in [7, 11) is -0.550. The van der Waals surface area contributed by atoms with Crippen LogP contribution in [-0.2, 0) is 16.1 Å². The second-order valence-electron chi connectivity index (χ2n) is 8.70. The van der Waals surface area contributed by atoms with Gasteiger partial charge in [0.15, 0.2) is 0 Å². The van der Waals surface area contributed by atoms with E-state index in [1.165, 1.54) is 12.1 Å². The average Bonchev–Trinajstić information content (AvgIpc) is 2.81. The van der Waals surface area contributed by atoms with Gasteiger partial charge in [0.05, 0.1) is 41.8 Å². The molecule has 0 saturated carbocycles. The van der Waals surface area contributed by atoms with Crippen LogP contribution in [-0.4, -0.2) is 64.4 Å². The summed E-state index contributed by atoms with van der Waals surface area (Å²) < 4.78 is 45.8. The Morgan fingerprint density at radius 2 is 2.03 bits per heavy atom. The van der Waals surface area contributed by atoms with Gasteiger partial charge in [0.1, 0.15) is 17.5 Å². The lowest BCUT2D eigenvalue weighted by Crippen LogP contribution is -2.48. The number of carbonyl (C=O) groups is 1. The van der Waals surface area contributed by atoms with Crippen LogP contribution in [0.2, 0.25) is 0 Å². The topological polar surface area (TPSA) is 80.2 Å². The number of amides is 1. The van der Waals surface area contributed by atoms with E-state index < -0.39 is 25.7 Å². The Labute approximate surface area is 201 Å². The molecule has 0 radical (unpaired) electrons. The second-order valence-corrected chi connectivity index (χ2v) is 11.1. The lowest BCUT2D eigenvalue weighted by molar-refractivity contribution is -0.149. The summed E-state index contributed by atoms with van der Waals surface area (Å²) in [6.45, 7) is 4.20. The largest absolute Gasteiger partial charge is 0.380 e. The number of pyridine rings is 1. The Balaban J connectivity index is 1.34. The minimum atomic E-state index is -2.88. The fraction of sp³-hybridized carbons (Fsp3) is 0.417. The molecule has 3 aromatic rings. The van der Waals surface area contributed by atoms with Gasteiger partial charge < -0.3 is 15.0 Å². The van der Waals surface area contributed by atoms with Crippen molar-refractivity contribution in [1.29, 1.82) is 0 Å². The van der Waals surface area contributed by atoms with Crippen LogP contribution < -0.4 is 10.8 Å². The lowest BCUT2D eigenvalue weighted by atomic mass is 10.1. The quantitative estimate of drug-likeness (QED) is 0.518. The molecular formula is C24H25F3N5O2P. The summed E-state index contributed by atoms with van der Waals surface area (Å²) >= 11 is 0. The van der Waals surface area contributed by atoms with E-state index >= 15 is 0 Å². The Morgan fingerprint density at radius 1 is 1.26 bits per heavy atom. The smallest absolute Gasteiger partial charge is 0.266 e. The number of hydrogen-bond donors (Lipinski definition) is 1. The van der Waals surface area contributed by atoms with Gasteiger partial charge in [-0.25, -0.2) is 23.1 Å². The number of ether oxygens (including phenoxy) is 1. The molecular weight excluding hydrogens is 478 g/mol. The van der Waals surface area contributed by atoms with E-state index in [-0.39, 0.29) is 23.9 Å². The molecule has 0 bridgehead atoms. The highest BCUT2D eigenvalue weighted by molar-refractivity contribution is 7.65. The molecule has 4 heterocycles. The highest BCUT2D eigenvalue weighted by Gasteiger charge is 2.33. The summed E-state index contributed by atoms with van der Waals surface area (Å²) in [5, 5.41) is 3.86. The van der Waals surface area contributed by atoms with Gasteiger partial charge in [0.25, 0.3) is 6.43 Å². The standard InChI is InChI=1S/C24H25F3N5O2P/c1-14-30-19-11-28-20(35-7-5-32(6-8-35)24(33)16-12-34-13-16)9-18(19)23(31-14)29-10-15-3-2-4-17(21(15)25)22(26)27/h2-4,9,11,16,22H,5-8,10,12-13H2,1H3,(H,29,30,31). The lowest BCUT2D eigenvalue weighted by Gasteiger charge is -2.36. The van der Waals surface area contributed by atoms with E-state index in [4.69, 9.17) is 4.74 Å².